The third kappa shape index (κ3) is 2.24. The molecule has 1 aromatic rings. The molecule has 106 valence electrons. The van der Waals surface area contributed by atoms with E-state index in [1.165, 1.54) is 0 Å². The highest BCUT2D eigenvalue weighted by molar-refractivity contribution is 5.98. The second-order valence-corrected chi connectivity index (χ2v) is 5.34. The molecule has 2 aliphatic rings. The molecule has 1 aliphatic heterocycles. The van der Waals surface area contributed by atoms with Crippen molar-refractivity contribution < 1.29 is 19.4 Å². The van der Waals surface area contributed by atoms with E-state index in [1.54, 1.807) is 23.1 Å². The van der Waals surface area contributed by atoms with Gasteiger partial charge >= 0.3 is 5.97 Å². The zero-order chi connectivity index (χ0) is 14.1. The lowest BCUT2D eigenvalue weighted by molar-refractivity contribution is -0.145. The summed E-state index contributed by atoms with van der Waals surface area (Å²) in [6.07, 6.45) is 2.96. The average molecular weight is 275 g/mol. The third-order valence-electron chi connectivity index (χ3n) is 4.02. The minimum absolute atomic E-state index is 0.0237. The number of carbonyl (C=O) groups excluding carboxylic acids is 1. The minimum atomic E-state index is -1.04. The normalized spacial score (nSPS) is 22.2. The molecule has 1 unspecified atom stereocenters. The minimum Gasteiger partial charge on any atom is -0.478 e. The monoisotopic (exact) mass is 275 g/mol. The van der Waals surface area contributed by atoms with Crippen LogP contribution in [0.2, 0.25) is 0 Å². The van der Waals surface area contributed by atoms with Gasteiger partial charge in [-0.2, -0.15) is 0 Å². The topological polar surface area (TPSA) is 66.8 Å². The number of carbonyl (C=O) groups is 2. The van der Waals surface area contributed by atoms with E-state index in [-0.39, 0.29) is 18.4 Å². The van der Waals surface area contributed by atoms with Gasteiger partial charge in [0.1, 0.15) is 5.75 Å². The van der Waals surface area contributed by atoms with Gasteiger partial charge in [0.25, 0.3) is 0 Å². The smallest absolute Gasteiger partial charge is 0.346 e. The van der Waals surface area contributed by atoms with Crippen LogP contribution < -0.4 is 9.64 Å². The second kappa shape index (κ2) is 5.15. The van der Waals surface area contributed by atoms with Crippen molar-refractivity contribution in [1.29, 1.82) is 0 Å². The SMILES string of the molecule is O=C(O)C1CN(C(=O)C2CCCC2)c2ccccc2O1. The molecule has 0 aromatic heterocycles. The molecule has 0 radical (unpaired) electrons. The molecule has 20 heavy (non-hydrogen) atoms. The molecular weight excluding hydrogens is 258 g/mol. The Morgan fingerprint density at radius 2 is 1.90 bits per heavy atom. The van der Waals surface area contributed by atoms with Crippen molar-refractivity contribution in [2.24, 2.45) is 5.92 Å². The van der Waals surface area contributed by atoms with Crippen LogP contribution >= 0.6 is 0 Å². The van der Waals surface area contributed by atoms with Crippen molar-refractivity contribution in [2.45, 2.75) is 31.8 Å². The molecule has 1 N–H and O–H groups in total. The molecule has 1 aromatic carbocycles. The molecule has 5 nitrogen and oxygen atoms in total. The summed E-state index contributed by atoms with van der Waals surface area (Å²) >= 11 is 0. The Balaban J connectivity index is 1.91. The fourth-order valence-corrected chi connectivity index (χ4v) is 2.96. The van der Waals surface area contributed by atoms with E-state index in [0.29, 0.717) is 11.4 Å². The number of aliphatic carboxylic acids is 1. The molecular formula is C15H17NO4. The zero-order valence-corrected chi connectivity index (χ0v) is 11.1. The van der Waals surface area contributed by atoms with Crippen LogP contribution in [0.5, 0.6) is 5.75 Å². The van der Waals surface area contributed by atoms with Gasteiger partial charge in [-0.3, -0.25) is 4.79 Å². The lowest BCUT2D eigenvalue weighted by Gasteiger charge is -2.34. The number of benzene rings is 1. The van der Waals surface area contributed by atoms with Crippen molar-refractivity contribution in [3.63, 3.8) is 0 Å². The highest BCUT2D eigenvalue weighted by Crippen LogP contribution is 2.36. The number of anilines is 1. The Morgan fingerprint density at radius 1 is 1.20 bits per heavy atom. The van der Waals surface area contributed by atoms with E-state index in [4.69, 9.17) is 9.84 Å². The van der Waals surface area contributed by atoms with E-state index in [1.807, 2.05) is 6.07 Å². The van der Waals surface area contributed by atoms with Gasteiger partial charge in [-0.15, -0.1) is 0 Å². The maximum atomic E-state index is 12.6. The van der Waals surface area contributed by atoms with Crippen molar-refractivity contribution in [3.8, 4) is 5.75 Å². The fraction of sp³-hybridized carbons (Fsp3) is 0.467. The lowest BCUT2D eigenvalue weighted by atomic mass is 10.0. The number of ether oxygens (including phenoxy) is 1. The molecule has 3 rings (SSSR count). The van der Waals surface area contributed by atoms with Gasteiger partial charge in [0.05, 0.1) is 12.2 Å². The number of rotatable bonds is 2. The maximum absolute atomic E-state index is 12.6. The molecule has 0 saturated heterocycles. The fourth-order valence-electron chi connectivity index (χ4n) is 2.96. The number of para-hydroxylation sites is 2. The quantitative estimate of drug-likeness (QED) is 0.897. The molecule has 1 atom stereocenters. The zero-order valence-electron chi connectivity index (χ0n) is 11.1. The average Bonchev–Trinajstić information content (AvgIpc) is 2.99. The summed E-state index contributed by atoms with van der Waals surface area (Å²) in [7, 11) is 0. The first-order valence-electron chi connectivity index (χ1n) is 6.96. The summed E-state index contributed by atoms with van der Waals surface area (Å²) in [5.41, 5.74) is 0.682. The Kier molecular flexibility index (Phi) is 3.34. The molecule has 1 heterocycles. The van der Waals surface area contributed by atoms with Gasteiger partial charge in [0, 0.05) is 5.92 Å². The number of nitrogens with zero attached hydrogens (tertiary/aromatic N) is 1. The summed E-state index contributed by atoms with van der Waals surface area (Å²) < 4.78 is 5.44. The number of carboxylic acid groups (broad SMARTS) is 1. The number of hydrogen-bond acceptors (Lipinski definition) is 3. The van der Waals surface area contributed by atoms with Crippen LogP contribution in [0.4, 0.5) is 5.69 Å². The molecule has 1 amide bonds. The van der Waals surface area contributed by atoms with E-state index >= 15 is 0 Å². The molecule has 0 spiro atoms. The summed E-state index contributed by atoms with van der Waals surface area (Å²) in [4.78, 5) is 25.4. The summed E-state index contributed by atoms with van der Waals surface area (Å²) in [5, 5.41) is 9.17. The Morgan fingerprint density at radius 3 is 2.60 bits per heavy atom. The Bertz CT molecular complexity index is 536. The van der Waals surface area contributed by atoms with Crippen LogP contribution in [0.15, 0.2) is 24.3 Å². The van der Waals surface area contributed by atoms with Gasteiger partial charge in [0.15, 0.2) is 0 Å². The third-order valence-corrected chi connectivity index (χ3v) is 4.02. The number of hydrogen-bond donors (Lipinski definition) is 1. The maximum Gasteiger partial charge on any atom is 0.346 e. The molecule has 5 heteroatoms. The van der Waals surface area contributed by atoms with Crippen molar-refractivity contribution in [1.82, 2.24) is 0 Å². The van der Waals surface area contributed by atoms with Crippen LogP contribution in [-0.4, -0.2) is 29.6 Å². The molecule has 0 bridgehead atoms. The largest absolute Gasteiger partial charge is 0.478 e. The van der Waals surface area contributed by atoms with Crippen LogP contribution in [0.3, 0.4) is 0 Å². The van der Waals surface area contributed by atoms with E-state index in [2.05, 4.69) is 0 Å². The van der Waals surface area contributed by atoms with Gasteiger partial charge in [-0.1, -0.05) is 25.0 Å². The second-order valence-electron chi connectivity index (χ2n) is 5.34. The number of carboxylic acids is 1. The van der Waals surface area contributed by atoms with Gasteiger partial charge in [0.2, 0.25) is 12.0 Å². The molecule has 1 fully saturated rings. The van der Waals surface area contributed by atoms with E-state index < -0.39 is 12.1 Å². The predicted molar refractivity (Wildman–Crippen MR) is 72.8 cm³/mol. The predicted octanol–water partition coefficient (Wildman–Crippen LogP) is 2.06. The van der Waals surface area contributed by atoms with Crippen LogP contribution in [-0.2, 0) is 9.59 Å². The Hall–Kier alpha value is -2.04. The van der Waals surface area contributed by atoms with Gasteiger partial charge in [-0.05, 0) is 25.0 Å². The standard InChI is InChI=1S/C15H17NO4/c17-14(10-5-1-2-6-10)16-9-13(15(18)19)20-12-8-4-3-7-11(12)16/h3-4,7-8,10,13H,1-2,5-6,9H2,(H,18,19). The summed E-state index contributed by atoms with van der Waals surface area (Å²) in [6.45, 7) is 0.0850. The molecule has 1 saturated carbocycles. The van der Waals surface area contributed by atoms with Crippen LogP contribution in [0, 0.1) is 5.92 Å². The first kappa shape index (κ1) is 13.0. The highest BCUT2D eigenvalue weighted by Gasteiger charge is 2.36. The lowest BCUT2D eigenvalue weighted by Crippen LogP contribution is -2.48. The van der Waals surface area contributed by atoms with E-state index in [9.17, 15) is 9.59 Å². The summed E-state index contributed by atoms with van der Waals surface area (Å²) in [6, 6.07) is 7.12. The first-order valence-corrected chi connectivity index (χ1v) is 6.96. The van der Waals surface area contributed by atoms with Gasteiger partial charge < -0.3 is 14.7 Å². The number of fused-ring (bicyclic) bond motifs is 1. The van der Waals surface area contributed by atoms with Crippen LogP contribution in [0.25, 0.3) is 0 Å². The van der Waals surface area contributed by atoms with Crippen molar-refractivity contribution in [3.05, 3.63) is 24.3 Å². The number of amides is 1. The highest BCUT2D eigenvalue weighted by atomic mass is 16.5. The molecule has 1 aliphatic carbocycles. The van der Waals surface area contributed by atoms with E-state index in [0.717, 1.165) is 25.7 Å². The first-order chi connectivity index (χ1) is 9.66. The van der Waals surface area contributed by atoms with Crippen LogP contribution in [0.1, 0.15) is 25.7 Å². The van der Waals surface area contributed by atoms with Crippen molar-refractivity contribution >= 4 is 17.6 Å². The van der Waals surface area contributed by atoms with Crippen molar-refractivity contribution in [2.75, 3.05) is 11.4 Å². The Labute approximate surface area is 117 Å². The summed E-state index contributed by atoms with van der Waals surface area (Å²) in [5.74, 6) is -0.513. The van der Waals surface area contributed by atoms with Gasteiger partial charge in [-0.25, -0.2) is 4.79 Å².